The van der Waals surface area contributed by atoms with E-state index in [1.165, 1.54) is 0 Å². The molecule has 2 fully saturated rings. The minimum Gasteiger partial charge on any atom is -0.377 e. The normalized spacial score (nSPS) is 27.2. The average molecular weight is 286 g/mol. The van der Waals surface area contributed by atoms with E-state index in [2.05, 4.69) is 5.32 Å². The fourth-order valence-electron chi connectivity index (χ4n) is 3.67. The topological polar surface area (TPSA) is 58.6 Å². The second-order valence-corrected chi connectivity index (χ2v) is 6.01. The van der Waals surface area contributed by atoms with Gasteiger partial charge in [0.1, 0.15) is 0 Å². The summed E-state index contributed by atoms with van der Waals surface area (Å²) in [5.41, 5.74) is 2.37. The molecule has 1 N–H and O–H groups in total. The van der Waals surface area contributed by atoms with Gasteiger partial charge in [-0.2, -0.15) is 0 Å². The minimum atomic E-state index is -0.0401. The van der Waals surface area contributed by atoms with E-state index in [-0.39, 0.29) is 23.9 Å². The van der Waals surface area contributed by atoms with E-state index >= 15 is 0 Å². The molecule has 2 amide bonds. The summed E-state index contributed by atoms with van der Waals surface area (Å²) in [6.45, 7) is 1.94. The van der Waals surface area contributed by atoms with Gasteiger partial charge >= 0.3 is 0 Å². The van der Waals surface area contributed by atoms with Crippen LogP contribution in [0, 0.1) is 0 Å². The van der Waals surface area contributed by atoms with Crippen LogP contribution in [0.3, 0.4) is 0 Å². The van der Waals surface area contributed by atoms with Crippen LogP contribution in [-0.2, 0) is 11.2 Å². The van der Waals surface area contributed by atoms with Crippen LogP contribution in [0.2, 0.25) is 0 Å². The van der Waals surface area contributed by atoms with Crippen molar-refractivity contribution in [3.63, 3.8) is 0 Å². The molecule has 1 aromatic rings. The lowest BCUT2D eigenvalue weighted by Gasteiger charge is -2.35. The molecule has 2 saturated heterocycles. The lowest BCUT2D eigenvalue weighted by atomic mass is 9.97. The maximum Gasteiger partial charge on any atom is 0.254 e. The summed E-state index contributed by atoms with van der Waals surface area (Å²) in [6.07, 6.45) is 2.85. The SMILES string of the molecule is O=C1NCCc2cc(C(=O)N3C4CCC3COC4)ccc21. The molecule has 21 heavy (non-hydrogen) atoms. The molecule has 3 aliphatic rings. The Balaban J connectivity index is 1.64. The number of hydrogen-bond acceptors (Lipinski definition) is 3. The Morgan fingerprint density at radius 2 is 2.00 bits per heavy atom. The highest BCUT2D eigenvalue weighted by molar-refractivity contribution is 6.00. The van der Waals surface area contributed by atoms with Gasteiger partial charge in [-0.25, -0.2) is 0 Å². The van der Waals surface area contributed by atoms with Gasteiger partial charge in [0.2, 0.25) is 0 Å². The molecule has 110 valence electrons. The highest BCUT2D eigenvalue weighted by Crippen LogP contribution is 2.30. The van der Waals surface area contributed by atoms with Crippen molar-refractivity contribution in [2.45, 2.75) is 31.3 Å². The maximum atomic E-state index is 12.8. The standard InChI is InChI=1S/C16H18N2O3/c19-15-14-4-1-11(7-10(14)5-6-17-15)16(20)18-12-2-3-13(18)9-21-8-12/h1,4,7,12-13H,2-3,5-6,8-9H2,(H,17,19). The van der Waals surface area contributed by atoms with Gasteiger partial charge in [-0.3, -0.25) is 9.59 Å². The summed E-state index contributed by atoms with van der Waals surface area (Å²) in [6, 6.07) is 5.89. The van der Waals surface area contributed by atoms with Crippen molar-refractivity contribution in [1.82, 2.24) is 10.2 Å². The molecule has 3 heterocycles. The number of fused-ring (bicyclic) bond motifs is 3. The predicted molar refractivity (Wildman–Crippen MR) is 76.3 cm³/mol. The molecule has 5 nitrogen and oxygen atoms in total. The molecule has 0 saturated carbocycles. The number of carbonyl (C=O) groups is 2. The zero-order valence-corrected chi connectivity index (χ0v) is 11.8. The molecule has 0 aromatic heterocycles. The fourth-order valence-corrected chi connectivity index (χ4v) is 3.67. The van der Waals surface area contributed by atoms with Gasteiger partial charge in [-0.05, 0) is 43.0 Å². The van der Waals surface area contributed by atoms with E-state index in [0.29, 0.717) is 30.9 Å². The lowest BCUT2D eigenvalue weighted by Crippen LogP contribution is -2.49. The zero-order valence-electron chi connectivity index (χ0n) is 11.8. The number of carbonyl (C=O) groups excluding carboxylic acids is 2. The first-order valence-corrected chi connectivity index (χ1v) is 7.55. The predicted octanol–water partition coefficient (Wildman–Crippen LogP) is 0.976. The molecule has 2 atom stereocenters. The number of ether oxygens (including phenoxy) is 1. The van der Waals surface area contributed by atoms with Crippen LogP contribution in [0.15, 0.2) is 18.2 Å². The molecule has 2 bridgehead atoms. The highest BCUT2D eigenvalue weighted by atomic mass is 16.5. The van der Waals surface area contributed by atoms with Crippen LogP contribution in [-0.4, -0.2) is 48.6 Å². The Hall–Kier alpha value is -1.88. The van der Waals surface area contributed by atoms with E-state index in [1.54, 1.807) is 12.1 Å². The van der Waals surface area contributed by atoms with Crippen molar-refractivity contribution in [3.8, 4) is 0 Å². The van der Waals surface area contributed by atoms with E-state index in [0.717, 1.165) is 24.8 Å². The van der Waals surface area contributed by atoms with Crippen LogP contribution in [0.25, 0.3) is 0 Å². The molecule has 3 aliphatic heterocycles. The first-order chi connectivity index (χ1) is 10.2. The van der Waals surface area contributed by atoms with E-state index in [1.807, 2.05) is 11.0 Å². The summed E-state index contributed by atoms with van der Waals surface area (Å²) in [5.74, 6) is 0.0428. The van der Waals surface area contributed by atoms with Crippen LogP contribution >= 0.6 is 0 Å². The van der Waals surface area contributed by atoms with Gasteiger partial charge in [0.05, 0.1) is 25.3 Å². The van der Waals surface area contributed by atoms with Gasteiger partial charge in [0.15, 0.2) is 0 Å². The Morgan fingerprint density at radius 3 is 2.76 bits per heavy atom. The van der Waals surface area contributed by atoms with Crippen molar-refractivity contribution < 1.29 is 14.3 Å². The van der Waals surface area contributed by atoms with Crippen LogP contribution in [0.4, 0.5) is 0 Å². The molecular weight excluding hydrogens is 268 g/mol. The summed E-state index contributed by atoms with van der Waals surface area (Å²) in [5, 5.41) is 2.82. The first-order valence-electron chi connectivity index (χ1n) is 7.55. The molecular formula is C16H18N2O3. The smallest absolute Gasteiger partial charge is 0.254 e. The largest absolute Gasteiger partial charge is 0.377 e. The van der Waals surface area contributed by atoms with Crippen LogP contribution in [0.1, 0.15) is 39.1 Å². The van der Waals surface area contributed by atoms with Crippen molar-refractivity contribution in [1.29, 1.82) is 0 Å². The second-order valence-electron chi connectivity index (χ2n) is 6.01. The van der Waals surface area contributed by atoms with Crippen molar-refractivity contribution in [2.24, 2.45) is 0 Å². The van der Waals surface area contributed by atoms with Crippen LogP contribution in [0.5, 0.6) is 0 Å². The molecule has 4 rings (SSSR count). The van der Waals surface area contributed by atoms with Gasteiger partial charge in [0.25, 0.3) is 11.8 Å². The van der Waals surface area contributed by atoms with Gasteiger partial charge in [-0.1, -0.05) is 0 Å². The number of nitrogens with one attached hydrogen (secondary N) is 1. The van der Waals surface area contributed by atoms with Crippen molar-refractivity contribution >= 4 is 11.8 Å². The highest BCUT2D eigenvalue weighted by Gasteiger charge is 2.40. The molecule has 5 heteroatoms. The Bertz CT molecular complexity index is 598. The summed E-state index contributed by atoms with van der Waals surface area (Å²) in [7, 11) is 0. The number of rotatable bonds is 1. The molecule has 0 radical (unpaired) electrons. The number of hydrogen-bond donors (Lipinski definition) is 1. The minimum absolute atomic E-state index is 0.0401. The van der Waals surface area contributed by atoms with Gasteiger partial charge < -0.3 is 15.0 Å². The van der Waals surface area contributed by atoms with Crippen LogP contribution < -0.4 is 5.32 Å². The van der Waals surface area contributed by atoms with Crippen molar-refractivity contribution in [2.75, 3.05) is 19.8 Å². The molecule has 0 spiro atoms. The number of benzene rings is 1. The number of nitrogens with zero attached hydrogens (tertiary/aromatic N) is 1. The Labute approximate surface area is 123 Å². The maximum absolute atomic E-state index is 12.8. The monoisotopic (exact) mass is 286 g/mol. The Kier molecular flexibility index (Phi) is 2.96. The third-order valence-corrected chi connectivity index (χ3v) is 4.75. The summed E-state index contributed by atoms with van der Waals surface area (Å²) >= 11 is 0. The first kappa shape index (κ1) is 12.8. The molecule has 1 aromatic carbocycles. The quantitative estimate of drug-likeness (QED) is 0.837. The number of amides is 2. The summed E-state index contributed by atoms with van der Waals surface area (Å²) in [4.78, 5) is 26.6. The fraction of sp³-hybridized carbons (Fsp3) is 0.500. The van der Waals surface area contributed by atoms with Gasteiger partial charge in [0, 0.05) is 17.7 Å². The van der Waals surface area contributed by atoms with Gasteiger partial charge in [-0.15, -0.1) is 0 Å². The number of morpholine rings is 1. The van der Waals surface area contributed by atoms with Crippen molar-refractivity contribution in [3.05, 3.63) is 34.9 Å². The Morgan fingerprint density at radius 1 is 1.24 bits per heavy atom. The molecule has 0 aliphatic carbocycles. The van der Waals surface area contributed by atoms with E-state index in [4.69, 9.17) is 4.74 Å². The lowest BCUT2D eigenvalue weighted by molar-refractivity contribution is -0.00716. The second kappa shape index (κ2) is 4.84. The third-order valence-electron chi connectivity index (χ3n) is 4.75. The zero-order chi connectivity index (χ0) is 14.4. The average Bonchev–Trinajstić information content (AvgIpc) is 2.75. The third kappa shape index (κ3) is 2.03. The molecule has 2 unspecified atom stereocenters. The van der Waals surface area contributed by atoms with E-state index < -0.39 is 0 Å². The van der Waals surface area contributed by atoms with E-state index in [9.17, 15) is 9.59 Å². The summed E-state index contributed by atoms with van der Waals surface area (Å²) < 4.78 is 5.53.